The van der Waals surface area contributed by atoms with Gasteiger partial charge in [0.15, 0.2) is 12.0 Å². The largest absolute Gasteiger partial charge is 0.356 e. The summed E-state index contributed by atoms with van der Waals surface area (Å²) in [5, 5.41) is 7.29. The molecular formula is C17H21N3O2. The second kappa shape index (κ2) is 6.32. The smallest absolute Gasteiger partial charge is 0.222 e. The highest BCUT2D eigenvalue weighted by atomic mass is 16.5. The molecule has 0 bridgehead atoms. The van der Waals surface area contributed by atoms with Crippen LogP contribution in [0.5, 0.6) is 0 Å². The first kappa shape index (κ1) is 14.8. The van der Waals surface area contributed by atoms with E-state index in [9.17, 15) is 4.79 Å². The highest BCUT2D eigenvalue weighted by Crippen LogP contribution is 2.30. The van der Waals surface area contributed by atoms with Gasteiger partial charge in [-0.15, -0.1) is 0 Å². The molecule has 1 aromatic carbocycles. The van der Waals surface area contributed by atoms with Gasteiger partial charge in [-0.05, 0) is 26.2 Å². The SMILES string of the molecule is CC(=O)Nc1cc(-c2ccc(C)cc2)n(C2CCCCO2)n1. The molecule has 3 rings (SSSR count). The van der Waals surface area contributed by atoms with E-state index in [-0.39, 0.29) is 12.1 Å². The Morgan fingerprint density at radius 1 is 1.32 bits per heavy atom. The third-order valence-corrected chi connectivity index (χ3v) is 3.82. The number of carbonyl (C=O) groups is 1. The Morgan fingerprint density at radius 2 is 2.09 bits per heavy atom. The Labute approximate surface area is 130 Å². The van der Waals surface area contributed by atoms with Crippen LogP contribution in [0.3, 0.4) is 0 Å². The molecule has 1 aromatic heterocycles. The number of amides is 1. The zero-order chi connectivity index (χ0) is 15.5. The average Bonchev–Trinajstić information content (AvgIpc) is 2.92. The van der Waals surface area contributed by atoms with Crippen molar-refractivity contribution in [1.82, 2.24) is 9.78 Å². The van der Waals surface area contributed by atoms with Crippen molar-refractivity contribution in [2.24, 2.45) is 0 Å². The van der Waals surface area contributed by atoms with Crippen molar-refractivity contribution in [2.75, 3.05) is 11.9 Å². The summed E-state index contributed by atoms with van der Waals surface area (Å²) in [6, 6.07) is 10.2. The number of ether oxygens (including phenoxy) is 1. The quantitative estimate of drug-likeness (QED) is 0.943. The van der Waals surface area contributed by atoms with E-state index in [0.717, 1.165) is 37.1 Å². The van der Waals surface area contributed by atoms with Crippen LogP contribution in [-0.2, 0) is 9.53 Å². The molecule has 5 nitrogen and oxygen atoms in total. The second-order valence-electron chi connectivity index (χ2n) is 5.73. The molecule has 1 N–H and O–H groups in total. The van der Waals surface area contributed by atoms with E-state index in [1.165, 1.54) is 12.5 Å². The normalized spacial score (nSPS) is 18.2. The lowest BCUT2D eigenvalue weighted by Crippen LogP contribution is -2.20. The summed E-state index contributed by atoms with van der Waals surface area (Å²) < 4.78 is 7.75. The number of nitrogens with one attached hydrogen (secondary N) is 1. The van der Waals surface area contributed by atoms with E-state index in [1.54, 1.807) is 0 Å². The van der Waals surface area contributed by atoms with Crippen LogP contribution < -0.4 is 5.32 Å². The number of rotatable bonds is 3. The van der Waals surface area contributed by atoms with Gasteiger partial charge in [-0.1, -0.05) is 29.8 Å². The molecule has 0 spiro atoms. The molecule has 1 amide bonds. The molecule has 116 valence electrons. The Balaban J connectivity index is 1.99. The molecular weight excluding hydrogens is 278 g/mol. The molecule has 1 fully saturated rings. The van der Waals surface area contributed by atoms with Gasteiger partial charge in [-0.2, -0.15) is 5.10 Å². The number of hydrogen-bond donors (Lipinski definition) is 1. The molecule has 2 aromatic rings. The van der Waals surface area contributed by atoms with Gasteiger partial charge >= 0.3 is 0 Å². The molecule has 2 heterocycles. The van der Waals surface area contributed by atoms with E-state index in [2.05, 4.69) is 41.6 Å². The molecule has 1 aliphatic rings. The van der Waals surface area contributed by atoms with Gasteiger partial charge in [0.1, 0.15) is 0 Å². The summed E-state index contributed by atoms with van der Waals surface area (Å²) >= 11 is 0. The monoisotopic (exact) mass is 299 g/mol. The minimum absolute atomic E-state index is 0.0624. The van der Waals surface area contributed by atoms with Gasteiger partial charge < -0.3 is 10.1 Å². The van der Waals surface area contributed by atoms with Crippen molar-refractivity contribution in [3.05, 3.63) is 35.9 Å². The Morgan fingerprint density at radius 3 is 2.73 bits per heavy atom. The summed E-state index contributed by atoms with van der Waals surface area (Å²) in [7, 11) is 0. The number of anilines is 1. The zero-order valence-corrected chi connectivity index (χ0v) is 13.0. The predicted octanol–water partition coefficient (Wildman–Crippen LogP) is 3.52. The standard InChI is InChI=1S/C17H21N3O2/c1-12-6-8-14(9-7-12)15-11-16(18-13(2)21)19-20(15)17-5-3-4-10-22-17/h6-9,11,17H,3-5,10H2,1-2H3,(H,18,19,21). The van der Waals surface area contributed by atoms with Crippen molar-refractivity contribution in [1.29, 1.82) is 0 Å². The van der Waals surface area contributed by atoms with Crippen LogP contribution in [0.4, 0.5) is 5.82 Å². The van der Waals surface area contributed by atoms with Gasteiger partial charge in [-0.25, -0.2) is 4.68 Å². The zero-order valence-electron chi connectivity index (χ0n) is 13.0. The third-order valence-electron chi connectivity index (χ3n) is 3.82. The summed E-state index contributed by atoms with van der Waals surface area (Å²) in [6.45, 7) is 4.31. The third kappa shape index (κ3) is 3.20. The van der Waals surface area contributed by atoms with Gasteiger partial charge in [0.05, 0.1) is 5.69 Å². The van der Waals surface area contributed by atoms with Crippen molar-refractivity contribution >= 4 is 11.7 Å². The molecule has 22 heavy (non-hydrogen) atoms. The summed E-state index contributed by atoms with van der Waals surface area (Å²) in [6.07, 6.45) is 3.11. The first-order chi connectivity index (χ1) is 10.6. The van der Waals surface area contributed by atoms with Crippen molar-refractivity contribution < 1.29 is 9.53 Å². The fourth-order valence-electron chi connectivity index (χ4n) is 2.71. The van der Waals surface area contributed by atoms with E-state index in [1.807, 2.05) is 10.7 Å². The van der Waals surface area contributed by atoms with E-state index in [0.29, 0.717) is 5.82 Å². The van der Waals surface area contributed by atoms with Crippen LogP contribution in [0.25, 0.3) is 11.3 Å². The predicted molar refractivity (Wildman–Crippen MR) is 85.5 cm³/mol. The van der Waals surface area contributed by atoms with Gasteiger partial charge in [-0.3, -0.25) is 4.79 Å². The number of carbonyl (C=O) groups excluding carboxylic acids is 1. The van der Waals surface area contributed by atoms with Crippen molar-refractivity contribution in [3.63, 3.8) is 0 Å². The molecule has 1 atom stereocenters. The van der Waals surface area contributed by atoms with E-state index < -0.39 is 0 Å². The Bertz CT molecular complexity index is 655. The highest BCUT2D eigenvalue weighted by molar-refractivity contribution is 5.88. The lowest BCUT2D eigenvalue weighted by molar-refractivity contribution is -0.114. The van der Waals surface area contributed by atoms with Crippen molar-refractivity contribution in [2.45, 2.75) is 39.3 Å². The number of hydrogen-bond acceptors (Lipinski definition) is 3. The molecule has 1 saturated heterocycles. The van der Waals surface area contributed by atoms with Crippen LogP contribution in [0.15, 0.2) is 30.3 Å². The van der Waals surface area contributed by atoms with Gasteiger partial charge in [0, 0.05) is 25.2 Å². The lowest BCUT2D eigenvalue weighted by atomic mass is 10.1. The number of aryl methyl sites for hydroxylation is 1. The molecule has 1 aliphatic heterocycles. The van der Waals surface area contributed by atoms with E-state index in [4.69, 9.17) is 4.74 Å². The first-order valence-electron chi connectivity index (χ1n) is 7.69. The number of benzene rings is 1. The van der Waals surface area contributed by atoms with Crippen LogP contribution in [0, 0.1) is 6.92 Å². The minimum atomic E-state index is -0.121. The lowest BCUT2D eigenvalue weighted by Gasteiger charge is -2.24. The number of nitrogens with zero attached hydrogens (tertiary/aromatic N) is 2. The summed E-state index contributed by atoms with van der Waals surface area (Å²) in [4.78, 5) is 11.3. The summed E-state index contributed by atoms with van der Waals surface area (Å²) in [5.74, 6) is 0.446. The first-order valence-corrected chi connectivity index (χ1v) is 7.69. The molecule has 0 saturated carbocycles. The van der Waals surface area contributed by atoms with Crippen LogP contribution >= 0.6 is 0 Å². The maximum atomic E-state index is 11.3. The van der Waals surface area contributed by atoms with Gasteiger partial charge in [0.25, 0.3) is 0 Å². The average molecular weight is 299 g/mol. The minimum Gasteiger partial charge on any atom is -0.356 e. The maximum Gasteiger partial charge on any atom is 0.222 e. The fraction of sp³-hybridized carbons (Fsp3) is 0.412. The summed E-state index contributed by atoms with van der Waals surface area (Å²) in [5.41, 5.74) is 3.25. The molecule has 0 radical (unpaired) electrons. The topological polar surface area (TPSA) is 56.2 Å². The Kier molecular flexibility index (Phi) is 4.24. The molecule has 0 aliphatic carbocycles. The Hall–Kier alpha value is -2.14. The van der Waals surface area contributed by atoms with Crippen LogP contribution in [-0.4, -0.2) is 22.3 Å². The highest BCUT2D eigenvalue weighted by Gasteiger charge is 2.21. The van der Waals surface area contributed by atoms with E-state index >= 15 is 0 Å². The second-order valence-corrected chi connectivity index (χ2v) is 5.73. The number of aromatic nitrogens is 2. The maximum absolute atomic E-state index is 11.3. The van der Waals surface area contributed by atoms with Gasteiger partial charge in [0.2, 0.25) is 5.91 Å². The fourth-order valence-corrected chi connectivity index (χ4v) is 2.71. The van der Waals surface area contributed by atoms with Crippen LogP contribution in [0.1, 0.15) is 38.0 Å². The van der Waals surface area contributed by atoms with Crippen LogP contribution in [0.2, 0.25) is 0 Å². The molecule has 5 heteroatoms. The molecule has 1 unspecified atom stereocenters. The van der Waals surface area contributed by atoms with Crippen molar-refractivity contribution in [3.8, 4) is 11.3 Å².